The number of hydrogen-bond donors (Lipinski definition) is 1. The van der Waals surface area contributed by atoms with Crippen molar-refractivity contribution in [3.8, 4) is 5.75 Å². The predicted molar refractivity (Wildman–Crippen MR) is 83.1 cm³/mol. The molecule has 0 unspecified atom stereocenters. The van der Waals surface area contributed by atoms with Crippen molar-refractivity contribution >= 4 is 40.3 Å². The van der Waals surface area contributed by atoms with Crippen LogP contribution in [0.1, 0.15) is 25.8 Å². The van der Waals surface area contributed by atoms with Crippen molar-refractivity contribution < 1.29 is 9.53 Å². The highest BCUT2D eigenvalue weighted by Crippen LogP contribution is 2.26. The zero-order valence-corrected chi connectivity index (χ0v) is 12.4. The second-order valence-electron chi connectivity index (χ2n) is 4.26. The smallest absolute Gasteiger partial charge is 0.263 e. The van der Waals surface area contributed by atoms with Crippen molar-refractivity contribution in [3.05, 3.63) is 34.7 Å². The molecule has 2 rings (SSSR count). The van der Waals surface area contributed by atoms with Gasteiger partial charge in [0.25, 0.3) is 5.91 Å². The standard InChI is InChI=1S/C14H15NO2S2/c1-3-9(2)17-11-6-4-10(5-7-11)8-12-13(16)15-14(18)19-12/h4-9H,3H2,1-2H3,(H,15,16,18)/b12-8+/t9-/m0/s1. The molecule has 1 atom stereocenters. The van der Waals surface area contributed by atoms with Gasteiger partial charge < -0.3 is 10.1 Å². The molecule has 1 amide bonds. The molecule has 0 saturated carbocycles. The molecular weight excluding hydrogens is 278 g/mol. The molecule has 3 nitrogen and oxygen atoms in total. The largest absolute Gasteiger partial charge is 0.491 e. The Labute approximate surface area is 122 Å². The highest BCUT2D eigenvalue weighted by molar-refractivity contribution is 8.26. The van der Waals surface area contributed by atoms with E-state index in [1.54, 1.807) is 0 Å². The third kappa shape index (κ3) is 3.81. The second kappa shape index (κ2) is 6.21. The lowest BCUT2D eigenvalue weighted by atomic mass is 10.2. The minimum atomic E-state index is -0.130. The topological polar surface area (TPSA) is 38.3 Å². The fourth-order valence-corrected chi connectivity index (χ4v) is 2.57. The Bertz CT molecular complexity index is 523. The number of nitrogens with one attached hydrogen (secondary N) is 1. The van der Waals surface area contributed by atoms with Gasteiger partial charge in [-0.2, -0.15) is 0 Å². The van der Waals surface area contributed by atoms with Crippen LogP contribution in [0, 0.1) is 0 Å². The summed E-state index contributed by atoms with van der Waals surface area (Å²) in [5.74, 6) is 0.713. The molecule has 1 aliphatic heterocycles. The highest BCUT2D eigenvalue weighted by atomic mass is 32.2. The summed E-state index contributed by atoms with van der Waals surface area (Å²) >= 11 is 6.23. The Kier molecular flexibility index (Phi) is 4.61. The third-order valence-corrected chi connectivity index (χ3v) is 3.89. The number of hydrogen-bond acceptors (Lipinski definition) is 4. The maximum absolute atomic E-state index is 11.5. The number of carbonyl (C=O) groups is 1. The van der Waals surface area contributed by atoms with E-state index < -0.39 is 0 Å². The van der Waals surface area contributed by atoms with E-state index in [1.807, 2.05) is 37.3 Å². The van der Waals surface area contributed by atoms with Gasteiger partial charge in [0.2, 0.25) is 0 Å². The van der Waals surface area contributed by atoms with Gasteiger partial charge in [0, 0.05) is 0 Å². The van der Waals surface area contributed by atoms with E-state index in [0.29, 0.717) is 9.23 Å². The van der Waals surface area contributed by atoms with Crippen LogP contribution in [0.3, 0.4) is 0 Å². The van der Waals surface area contributed by atoms with Crippen LogP contribution in [0.4, 0.5) is 0 Å². The normalized spacial score (nSPS) is 18.5. The first-order valence-electron chi connectivity index (χ1n) is 6.10. The SMILES string of the molecule is CC[C@H](C)Oc1ccc(/C=C2/SC(=S)NC2=O)cc1. The third-order valence-electron chi connectivity index (χ3n) is 2.73. The van der Waals surface area contributed by atoms with E-state index in [9.17, 15) is 4.79 Å². The maximum atomic E-state index is 11.5. The van der Waals surface area contributed by atoms with E-state index in [1.165, 1.54) is 11.8 Å². The number of rotatable bonds is 4. The molecule has 19 heavy (non-hydrogen) atoms. The Balaban J connectivity index is 2.09. The minimum Gasteiger partial charge on any atom is -0.491 e. The van der Waals surface area contributed by atoms with Crippen molar-refractivity contribution in [2.45, 2.75) is 26.4 Å². The Morgan fingerprint density at radius 3 is 2.63 bits per heavy atom. The summed E-state index contributed by atoms with van der Waals surface area (Å²) < 4.78 is 6.21. The van der Waals surface area contributed by atoms with Gasteiger partial charge >= 0.3 is 0 Å². The molecule has 1 fully saturated rings. The molecule has 5 heteroatoms. The van der Waals surface area contributed by atoms with Gasteiger partial charge in [0.05, 0.1) is 11.0 Å². The summed E-state index contributed by atoms with van der Waals surface area (Å²) in [5, 5.41) is 2.59. The van der Waals surface area contributed by atoms with Crippen LogP contribution >= 0.6 is 24.0 Å². The number of thiocarbonyl (C=S) groups is 1. The van der Waals surface area contributed by atoms with Gasteiger partial charge in [0.1, 0.15) is 10.1 Å². The van der Waals surface area contributed by atoms with Gasteiger partial charge in [-0.1, -0.05) is 43.0 Å². The Hall–Kier alpha value is -1.33. The molecule has 100 valence electrons. The molecule has 1 heterocycles. The summed E-state index contributed by atoms with van der Waals surface area (Å²) in [7, 11) is 0. The van der Waals surface area contributed by atoms with Crippen molar-refractivity contribution in [3.63, 3.8) is 0 Å². The van der Waals surface area contributed by atoms with Crippen LogP contribution in [0.2, 0.25) is 0 Å². The summed E-state index contributed by atoms with van der Waals surface area (Å²) in [6.07, 6.45) is 3.00. The molecule has 0 bridgehead atoms. The second-order valence-corrected chi connectivity index (χ2v) is 5.98. The van der Waals surface area contributed by atoms with E-state index in [4.69, 9.17) is 17.0 Å². The van der Waals surface area contributed by atoms with Crippen LogP contribution < -0.4 is 10.1 Å². The quantitative estimate of drug-likeness (QED) is 0.682. The summed E-state index contributed by atoms with van der Waals surface area (Å²) in [6, 6.07) is 7.68. The fourth-order valence-electron chi connectivity index (χ4n) is 1.53. The van der Waals surface area contributed by atoms with E-state index >= 15 is 0 Å². The zero-order valence-electron chi connectivity index (χ0n) is 10.8. The lowest BCUT2D eigenvalue weighted by Gasteiger charge is -2.12. The van der Waals surface area contributed by atoms with Crippen molar-refractivity contribution in [1.29, 1.82) is 0 Å². The van der Waals surface area contributed by atoms with Gasteiger partial charge in [-0.15, -0.1) is 0 Å². The van der Waals surface area contributed by atoms with Gasteiger partial charge in [0.15, 0.2) is 0 Å². The van der Waals surface area contributed by atoms with Crippen LogP contribution in [0.5, 0.6) is 5.75 Å². The molecular formula is C14H15NO2S2. The molecule has 0 radical (unpaired) electrons. The first kappa shape index (κ1) is 14.1. The van der Waals surface area contributed by atoms with E-state index in [2.05, 4.69) is 12.2 Å². The highest BCUT2D eigenvalue weighted by Gasteiger charge is 2.21. The van der Waals surface area contributed by atoms with Crippen molar-refractivity contribution in [2.75, 3.05) is 0 Å². The number of thioether (sulfide) groups is 1. The molecule has 1 aromatic carbocycles. The minimum absolute atomic E-state index is 0.130. The van der Waals surface area contributed by atoms with Gasteiger partial charge in [-0.05, 0) is 37.1 Å². The summed E-state index contributed by atoms with van der Waals surface area (Å²) in [5.41, 5.74) is 0.957. The van der Waals surface area contributed by atoms with E-state index in [0.717, 1.165) is 17.7 Å². The van der Waals surface area contributed by atoms with Crippen LogP contribution in [0.15, 0.2) is 29.2 Å². The number of benzene rings is 1. The Morgan fingerprint density at radius 2 is 2.11 bits per heavy atom. The monoisotopic (exact) mass is 293 g/mol. The first-order valence-corrected chi connectivity index (χ1v) is 7.32. The molecule has 1 aromatic rings. The number of amides is 1. The number of ether oxygens (including phenoxy) is 1. The van der Waals surface area contributed by atoms with Crippen molar-refractivity contribution in [1.82, 2.24) is 5.32 Å². The molecule has 0 spiro atoms. The zero-order chi connectivity index (χ0) is 13.8. The molecule has 0 aliphatic carbocycles. The van der Waals surface area contributed by atoms with Crippen LogP contribution in [0.25, 0.3) is 6.08 Å². The Morgan fingerprint density at radius 1 is 1.42 bits per heavy atom. The van der Waals surface area contributed by atoms with Gasteiger partial charge in [-0.3, -0.25) is 4.79 Å². The molecule has 1 N–H and O–H groups in total. The molecule has 0 aromatic heterocycles. The van der Waals surface area contributed by atoms with Crippen molar-refractivity contribution in [2.24, 2.45) is 0 Å². The summed E-state index contributed by atoms with van der Waals surface area (Å²) in [6.45, 7) is 4.12. The maximum Gasteiger partial charge on any atom is 0.263 e. The lowest BCUT2D eigenvalue weighted by molar-refractivity contribution is -0.115. The predicted octanol–water partition coefficient (Wildman–Crippen LogP) is 3.35. The number of carbonyl (C=O) groups excluding carboxylic acids is 1. The molecule has 1 saturated heterocycles. The lowest BCUT2D eigenvalue weighted by Crippen LogP contribution is -2.17. The average Bonchev–Trinajstić information content (AvgIpc) is 2.70. The average molecular weight is 293 g/mol. The summed E-state index contributed by atoms with van der Waals surface area (Å²) in [4.78, 5) is 12.2. The van der Waals surface area contributed by atoms with Crippen LogP contribution in [-0.2, 0) is 4.79 Å². The van der Waals surface area contributed by atoms with Gasteiger partial charge in [-0.25, -0.2) is 0 Å². The first-order chi connectivity index (χ1) is 9.08. The van der Waals surface area contributed by atoms with Crippen LogP contribution in [-0.4, -0.2) is 16.3 Å². The molecule has 1 aliphatic rings. The fraction of sp³-hybridized carbons (Fsp3) is 0.286. The van der Waals surface area contributed by atoms with E-state index in [-0.39, 0.29) is 12.0 Å².